The minimum absolute atomic E-state index is 0.0640. The Kier molecular flexibility index (Phi) is 6.24. The summed E-state index contributed by atoms with van der Waals surface area (Å²) in [5, 5.41) is 8.86. The lowest BCUT2D eigenvalue weighted by molar-refractivity contribution is 0.0615. The molecule has 34 heavy (non-hydrogen) atoms. The molecule has 4 heterocycles. The van der Waals surface area contributed by atoms with E-state index in [4.69, 9.17) is 8.94 Å². The molecule has 2 amide bonds. The van der Waals surface area contributed by atoms with Crippen LogP contribution in [0.4, 0.5) is 5.69 Å². The molecule has 1 aromatic carbocycles. The van der Waals surface area contributed by atoms with Crippen molar-refractivity contribution >= 4 is 28.8 Å². The first-order chi connectivity index (χ1) is 16.6. The van der Waals surface area contributed by atoms with Crippen molar-refractivity contribution in [1.29, 1.82) is 0 Å². The summed E-state index contributed by atoms with van der Waals surface area (Å²) in [6.07, 6.45) is 1.45. The molecular formula is C24H23N5O4S. The molecule has 9 nitrogen and oxygen atoms in total. The van der Waals surface area contributed by atoms with Gasteiger partial charge in [-0.2, -0.15) is 4.98 Å². The van der Waals surface area contributed by atoms with Crippen LogP contribution in [-0.4, -0.2) is 57.9 Å². The van der Waals surface area contributed by atoms with Gasteiger partial charge in [-0.1, -0.05) is 17.3 Å². The molecule has 0 atom stereocenters. The lowest BCUT2D eigenvalue weighted by Crippen LogP contribution is -2.48. The van der Waals surface area contributed by atoms with E-state index in [0.29, 0.717) is 55.7 Å². The Hall–Kier alpha value is -3.76. The normalized spacial score (nSPS) is 14.3. The number of furan rings is 1. The van der Waals surface area contributed by atoms with Crippen LogP contribution in [0, 0.1) is 6.92 Å². The number of hydrogen-bond acceptors (Lipinski definition) is 8. The molecule has 5 rings (SSSR count). The first-order valence-electron chi connectivity index (χ1n) is 10.9. The largest absolute Gasteiger partial charge is 0.459 e. The van der Waals surface area contributed by atoms with Gasteiger partial charge in [-0.3, -0.25) is 14.5 Å². The van der Waals surface area contributed by atoms with Gasteiger partial charge in [-0.15, -0.1) is 11.3 Å². The molecule has 0 saturated carbocycles. The van der Waals surface area contributed by atoms with Crippen LogP contribution in [0.2, 0.25) is 0 Å². The molecule has 0 radical (unpaired) electrons. The Labute approximate surface area is 200 Å². The monoisotopic (exact) mass is 477 g/mol. The fraction of sp³-hybridized carbons (Fsp3) is 0.250. The van der Waals surface area contributed by atoms with Gasteiger partial charge in [-0.25, -0.2) is 0 Å². The van der Waals surface area contributed by atoms with Crippen LogP contribution in [0.1, 0.15) is 32.4 Å². The minimum atomic E-state index is -0.352. The van der Waals surface area contributed by atoms with Crippen molar-refractivity contribution < 1.29 is 18.5 Å². The topological polar surface area (TPSA) is 105 Å². The lowest BCUT2D eigenvalue weighted by atomic mass is 10.1. The first kappa shape index (κ1) is 22.1. The summed E-state index contributed by atoms with van der Waals surface area (Å²) in [5.41, 5.74) is 1.98. The molecule has 1 saturated heterocycles. The second-order valence-corrected chi connectivity index (χ2v) is 8.97. The van der Waals surface area contributed by atoms with Gasteiger partial charge in [-0.05, 0) is 48.2 Å². The van der Waals surface area contributed by atoms with Gasteiger partial charge in [0.05, 0.1) is 17.7 Å². The van der Waals surface area contributed by atoms with Crippen LogP contribution in [0.25, 0.3) is 10.7 Å². The molecule has 0 bridgehead atoms. The Morgan fingerprint density at radius 2 is 1.97 bits per heavy atom. The zero-order chi connectivity index (χ0) is 23.5. The smallest absolute Gasteiger partial charge is 0.291 e. The first-order valence-corrected chi connectivity index (χ1v) is 11.8. The number of benzene rings is 1. The minimum Gasteiger partial charge on any atom is -0.459 e. The van der Waals surface area contributed by atoms with Gasteiger partial charge in [0.25, 0.3) is 11.8 Å². The van der Waals surface area contributed by atoms with Crippen LogP contribution in [0.5, 0.6) is 0 Å². The molecule has 3 aromatic heterocycles. The number of carbonyl (C=O) groups excluding carboxylic acids is 2. The maximum Gasteiger partial charge on any atom is 0.291 e. The highest BCUT2D eigenvalue weighted by Crippen LogP contribution is 2.23. The number of thiophene rings is 1. The summed E-state index contributed by atoms with van der Waals surface area (Å²) in [7, 11) is 0. The van der Waals surface area contributed by atoms with Gasteiger partial charge in [0.2, 0.25) is 11.7 Å². The number of hydrogen-bond donors (Lipinski definition) is 1. The number of rotatable bonds is 6. The SMILES string of the molecule is Cc1ccc(C(=O)N2CCN(Cc3nc(-c4cccs4)no3)CC2)cc1NC(=O)c1ccco1. The molecule has 10 heteroatoms. The van der Waals surface area contributed by atoms with E-state index in [9.17, 15) is 9.59 Å². The van der Waals surface area contributed by atoms with Crippen molar-refractivity contribution in [3.63, 3.8) is 0 Å². The molecule has 0 aliphatic carbocycles. The van der Waals surface area contributed by atoms with Gasteiger partial charge in [0.1, 0.15) is 0 Å². The Bertz CT molecular complexity index is 1270. The third-order valence-electron chi connectivity index (χ3n) is 5.71. The fourth-order valence-electron chi connectivity index (χ4n) is 3.79. The molecule has 1 aliphatic heterocycles. The van der Waals surface area contributed by atoms with Crippen molar-refractivity contribution in [1.82, 2.24) is 19.9 Å². The molecule has 4 aromatic rings. The molecule has 1 aliphatic rings. The number of nitrogens with one attached hydrogen (secondary N) is 1. The zero-order valence-corrected chi connectivity index (χ0v) is 19.4. The van der Waals surface area contributed by atoms with Crippen LogP contribution in [0.15, 0.2) is 63.0 Å². The summed E-state index contributed by atoms with van der Waals surface area (Å²) in [6.45, 7) is 5.02. The lowest BCUT2D eigenvalue weighted by Gasteiger charge is -2.34. The average molecular weight is 478 g/mol. The highest BCUT2D eigenvalue weighted by molar-refractivity contribution is 7.13. The van der Waals surface area contributed by atoms with Crippen molar-refractivity contribution in [3.05, 3.63) is 76.9 Å². The van der Waals surface area contributed by atoms with Crippen molar-refractivity contribution in [2.24, 2.45) is 0 Å². The van der Waals surface area contributed by atoms with E-state index in [2.05, 4.69) is 20.4 Å². The van der Waals surface area contributed by atoms with E-state index in [1.807, 2.05) is 35.4 Å². The predicted octanol–water partition coefficient (Wildman–Crippen LogP) is 3.91. The molecular weight excluding hydrogens is 454 g/mol. The molecule has 0 unspecified atom stereocenters. The van der Waals surface area contributed by atoms with Crippen molar-refractivity contribution in [2.75, 3.05) is 31.5 Å². The van der Waals surface area contributed by atoms with Gasteiger partial charge < -0.3 is 19.2 Å². The van der Waals surface area contributed by atoms with E-state index in [-0.39, 0.29) is 17.6 Å². The predicted molar refractivity (Wildman–Crippen MR) is 127 cm³/mol. The van der Waals surface area contributed by atoms with Crippen molar-refractivity contribution in [2.45, 2.75) is 13.5 Å². The quantitative estimate of drug-likeness (QED) is 0.449. The molecule has 1 fully saturated rings. The van der Waals surface area contributed by atoms with Gasteiger partial charge >= 0.3 is 0 Å². The summed E-state index contributed by atoms with van der Waals surface area (Å²) in [6, 6.07) is 12.5. The number of aromatic nitrogens is 2. The number of anilines is 1. The standard InChI is InChI=1S/C24H23N5O4S/c1-16-6-7-17(14-18(16)25-23(30)19-4-2-12-32-19)24(31)29-10-8-28(9-11-29)15-21-26-22(27-33-21)20-5-3-13-34-20/h2-7,12-14H,8-11,15H2,1H3,(H,25,30). The van der Waals surface area contributed by atoms with E-state index >= 15 is 0 Å². The Morgan fingerprint density at radius 3 is 2.71 bits per heavy atom. The van der Waals surface area contributed by atoms with Crippen LogP contribution < -0.4 is 5.32 Å². The number of aryl methyl sites for hydroxylation is 1. The number of piperazine rings is 1. The summed E-state index contributed by atoms with van der Waals surface area (Å²) >= 11 is 1.57. The van der Waals surface area contributed by atoms with E-state index in [1.54, 1.807) is 35.6 Å². The van der Waals surface area contributed by atoms with Crippen molar-refractivity contribution in [3.8, 4) is 10.7 Å². The van der Waals surface area contributed by atoms with Crippen LogP contribution in [-0.2, 0) is 6.54 Å². The highest BCUT2D eigenvalue weighted by Gasteiger charge is 2.24. The second-order valence-electron chi connectivity index (χ2n) is 8.02. The number of amides is 2. The Balaban J connectivity index is 1.18. The van der Waals surface area contributed by atoms with Gasteiger partial charge in [0.15, 0.2) is 5.76 Å². The van der Waals surface area contributed by atoms with Gasteiger partial charge in [0, 0.05) is 37.4 Å². The Morgan fingerprint density at radius 1 is 1.12 bits per heavy atom. The molecule has 174 valence electrons. The van der Waals surface area contributed by atoms with Crippen LogP contribution in [0.3, 0.4) is 0 Å². The maximum absolute atomic E-state index is 13.1. The van der Waals surface area contributed by atoms with Crippen LogP contribution >= 0.6 is 11.3 Å². The summed E-state index contributed by atoms with van der Waals surface area (Å²) in [4.78, 5) is 34.9. The third-order valence-corrected chi connectivity index (χ3v) is 6.57. The molecule has 1 N–H and O–H groups in total. The summed E-state index contributed by atoms with van der Waals surface area (Å²) in [5.74, 6) is 0.975. The van der Waals surface area contributed by atoms with E-state index in [1.165, 1.54) is 6.26 Å². The maximum atomic E-state index is 13.1. The number of nitrogens with zero attached hydrogens (tertiary/aromatic N) is 4. The average Bonchev–Trinajstić information content (AvgIpc) is 3.63. The third kappa shape index (κ3) is 4.78. The van der Waals surface area contributed by atoms with E-state index < -0.39 is 0 Å². The number of carbonyl (C=O) groups is 2. The summed E-state index contributed by atoms with van der Waals surface area (Å²) < 4.78 is 10.5. The highest BCUT2D eigenvalue weighted by atomic mass is 32.1. The van der Waals surface area contributed by atoms with E-state index in [0.717, 1.165) is 10.4 Å². The fourth-order valence-corrected chi connectivity index (χ4v) is 4.44. The second kappa shape index (κ2) is 9.62. The molecule has 0 spiro atoms. The zero-order valence-electron chi connectivity index (χ0n) is 18.6.